The number of imide groups is 1. The smallest absolute Gasteiger partial charge is 0.328 e. The van der Waals surface area contributed by atoms with Crippen molar-refractivity contribution in [1.29, 1.82) is 0 Å². The molecule has 19 nitrogen and oxygen atoms in total. The molecule has 0 aliphatic carbocycles. The van der Waals surface area contributed by atoms with Crippen molar-refractivity contribution in [2.75, 3.05) is 32.9 Å². The third kappa shape index (κ3) is 24.6. The standard InChI is InChI=1S/C37H70N8O11/c1-2-3-4-5-6-7-8-9-10-11-12-13-14-20-31(49)45-37(56)44-27(18-15-16-21-38)33(51)41-29(24-47)35(53)42-28(23-46)34(52)40-26(19-17-22-39)32(50)43-30(25-48)36(54)55/h26-30,46-48H,2-25,38-39H2,1H3,(H,40,52)(H,41,51)(H,42,53)(H,43,50)(H,54,55)(H2,44,45,49,56)/t26-,27-,28-,29-,30-/m0/s1. The Morgan fingerprint density at radius 2 is 0.839 bits per heavy atom. The minimum atomic E-state index is -1.68. The van der Waals surface area contributed by atoms with E-state index in [1.54, 1.807) is 0 Å². The van der Waals surface area contributed by atoms with Gasteiger partial charge >= 0.3 is 12.0 Å². The summed E-state index contributed by atoms with van der Waals surface area (Å²) in [6, 6.07) is -8.50. The number of carboxylic acid groups (broad SMARTS) is 1. The number of urea groups is 1. The Morgan fingerprint density at radius 1 is 0.464 bits per heavy atom. The van der Waals surface area contributed by atoms with Gasteiger partial charge in [0.1, 0.15) is 30.2 Å². The zero-order chi connectivity index (χ0) is 42.1. The summed E-state index contributed by atoms with van der Waals surface area (Å²) in [5.74, 6) is -6.02. The third-order valence-corrected chi connectivity index (χ3v) is 9.09. The van der Waals surface area contributed by atoms with Gasteiger partial charge in [0.05, 0.1) is 19.8 Å². The molecule has 56 heavy (non-hydrogen) atoms. The summed E-state index contributed by atoms with van der Waals surface area (Å²) < 4.78 is 0. The van der Waals surface area contributed by atoms with Crippen molar-refractivity contribution < 1.29 is 54.0 Å². The molecular formula is C37H70N8O11. The van der Waals surface area contributed by atoms with E-state index in [1.165, 1.54) is 51.4 Å². The van der Waals surface area contributed by atoms with Crippen LogP contribution in [0.15, 0.2) is 0 Å². The fourth-order valence-corrected chi connectivity index (χ4v) is 5.70. The Labute approximate surface area is 330 Å². The second-order valence-corrected chi connectivity index (χ2v) is 13.9. The number of nitrogens with two attached hydrogens (primary N) is 2. The number of aliphatic hydroxyl groups excluding tert-OH is 3. The molecule has 0 aliphatic rings. The van der Waals surface area contributed by atoms with E-state index in [0.717, 1.165) is 25.7 Å². The van der Waals surface area contributed by atoms with Crippen LogP contribution in [0.1, 0.15) is 129 Å². The van der Waals surface area contributed by atoms with Crippen molar-refractivity contribution in [3.05, 3.63) is 0 Å². The molecule has 0 unspecified atom stereocenters. The van der Waals surface area contributed by atoms with Crippen molar-refractivity contribution >= 4 is 41.5 Å². The quantitative estimate of drug-likeness (QED) is 0.0367. The van der Waals surface area contributed by atoms with Crippen molar-refractivity contribution in [3.8, 4) is 0 Å². The zero-order valence-electron chi connectivity index (χ0n) is 33.2. The van der Waals surface area contributed by atoms with Crippen LogP contribution in [0.3, 0.4) is 0 Å². The number of hydrogen-bond acceptors (Lipinski definition) is 12. The predicted molar refractivity (Wildman–Crippen MR) is 209 cm³/mol. The van der Waals surface area contributed by atoms with Crippen molar-refractivity contribution in [2.45, 2.75) is 159 Å². The van der Waals surface area contributed by atoms with Crippen molar-refractivity contribution in [3.63, 3.8) is 0 Å². The van der Waals surface area contributed by atoms with Gasteiger partial charge in [0.2, 0.25) is 29.5 Å². The van der Waals surface area contributed by atoms with Gasteiger partial charge in [-0.05, 0) is 51.6 Å². The predicted octanol–water partition coefficient (Wildman–Crippen LogP) is -0.469. The van der Waals surface area contributed by atoms with Crippen LogP contribution >= 0.6 is 0 Å². The molecule has 0 radical (unpaired) electrons. The third-order valence-electron chi connectivity index (χ3n) is 9.09. The average molecular weight is 803 g/mol. The number of carboxylic acids is 1. The molecule has 0 saturated heterocycles. The van der Waals surface area contributed by atoms with Crippen LogP contribution in [0.4, 0.5) is 4.79 Å². The first-order chi connectivity index (χ1) is 26.9. The van der Waals surface area contributed by atoms with Crippen LogP contribution in [0.2, 0.25) is 0 Å². The van der Waals surface area contributed by atoms with Crippen LogP contribution < -0.4 is 43.4 Å². The summed E-state index contributed by atoms with van der Waals surface area (Å²) in [5, 5.41) is 51.6. The Kier molecular flexibility index (Phi) is 30.9. The maximum atomic E-state index is 13.2. The molecule has 324 valence electrons. The van der Waals surface area contributed by atoms with E-state index < -0.39 is 91.6 Å². The molecule has 0 rings (SSSR count). The van der Waals surface area contributed by atoms with Crippen LogP contribution in [0, 0.1) is 0 Å². The van der Waals surface area contributed by atoms with Crippen LogP contribution in [-0.2, 0) is 28.8 Å². The minimum absolute atomic E-state index is 0.0512. The second kappa shape index (κ2) is 33.3. The van der Waals surface area contributed by atoms with Crippen molar-refractivity contribution in [1.82, 2.24) is 31.9 Å². The number of hydrogen-bond donors (Lipinski definition) is 12. The lowest BCUT2D eigenvalue weighted by Crippen LogP contribution is -2.60. The number of carbonyl (C=O) groups is 7. The summed E-state index contributed by atoms with van der Waals surface area (Å²) in [6.45, 7) is -0.213. The van der Waals surface area contributed by atoms with Gasteiger partial charge < -0.3 is 58.5 Å². The van der Waals surface area contributed by atoms with Crippen molar-refractivity contribution in [2.24, 2.45) is 11.5 Å². The molecule has 0 bridgehead atoms. The van der Waals surface area contributed by atoms with Crippen LogP contribution in [-0.4, -0.2) is 125 Å². The fraction of sp³-hybridized carbons (Fsp3) is 0.811. The fourth-order valence-electron chi connectivity index (χ4n) is 5.70. The van der Waals surface area contributed by atoms with Gasteiger partial charge in [-0.3, -0.25) is 29.3 Å². The summed E-state index contributed by atoms with van der Waals surface area (Å²) in [7, 11) is 0. The molecule has 0 aromatic heterocycles. The van der Waals surface area contributed by atoms with E-state index in [4.69, 9.17) is 16.6 Å². The Morgan fingerprint density at radius 3 is 1.27 bits per heavy atom. The molecule has 0 saturated carbocycles. The summed E-state index contributed by atoms with van der Waals surface area (Å²) in [5.41, 5.74) is 11.1. The Balaban J connectivity index is 5.09. The highest BCUT2D eigenvalue weighted by molar-refractivity contribution is 5.98. The Hall–Kier alpha value is -3.91. The summed E-state index contributed by atoms with van der Waals surface area (Å²) >= 11 is 0. The molecule has 19 heteroatoms. The maximum absolute atomic E-state index is 13.2. The minimum Gasteiger partial charge on any atom is -0.480 e. The number of rotatable bonds is 34. The number of carbonyl (C=O) groups excluding carboxylic acids is 6. The molecule has 0 heterocycles. The molecule has 0 aromatic rings. The normalized spacial score (nSPS) is 13.7. The number of nitrogens with one attached hydrogen (secondary N) is 6. The van der Waals surface area contributed by atoms with Gasteiger partial charge in [0.25, 0.3) is 0 Å². The number of unbranched alkanes of at least 4 members (excludes halogenated alkanes) is 13. The van der Waals surface area contributed by atoms with Gasteiger partial charge in [-0.2, -0.15) is 0 Å². The van der Waals surface area contributed by atoms with E-state index in [2.05, 4.69) is 38.8 Å². The molecule has 7 amide bonds. The highest BCUT2D eigenvalue weighted by Gasteiger charge is 2.32. The largest absolute Gasteiger partial charge is 0.480 e. The van der Waals surface area contributed by atoms with E-state index >= 15 is 0 Å². The lowest BCUT2D eigenvalue weighted by molar-refractivity contribution is -0.143. The monoisotopic (exact) mass is 803 g/mol. The topological polar surface area (TPSA) is 325 Å². The number of aliphatic hydroxyl groups is 3. The molecular weight excluding hydrogens is 732 g/mol. The molecule has 0 fully saturated rings. The highest BCUT2D eigenvalue weighted by atomic mass is 16.4. The number of amides is 7. The van der Waals surface area contributed by atoms with E-state index in [0.29, 0.717) is 25.8 Å². The van der Waals surface area contributed by atoms with Gasteiger partial charge in [0.15, 0.2) is 0 Å². The van der Waals surface area contributed by atoms with Crippen LogP contribution in [0.25, 0.3) is 0 Å². The molecule has 0 aliphatic heterocycles. The van der Waals surface area contributed by atoms with E-state index in [-0.39, 0.29) is 32.2 Å². The average Bonchev–Trinajstić information content (AvgIpc) is 3.17. The number of aliphatic carboxylic acids is 1. The first-order valence-electron chi connectivity index (χ1n) is 20.2. The Bertz CT molecular complexity index is 1160. The van der Waals surface area contributed by atoms with Gasteiger partial charge in [0, 0.05) is 6.42 Å². The molecule has 5 atom stereocenters. The van der Waals surface area contributed by atoms with E-state index in [9.17, 15) is 48.9 Å². The van der Waals surface area contributed by atoms with Gasteiger partial charge in [-0.25, -0.2) is 9.59 Å². The van der Waals surface area contributed by atoms with Crippen LogP contribution in [0.5, 0.6) is 0 Å². The second-order valence-electron chi connectivity index (χ2n) is 13.9. The first kappa shape index (κ1) is 52.1. The summed E-state index contributed by atoms with van der Waals surface area (Å²) in [4.78, 5) is 88.2. The molecule has 14 N–H and O–H groups in total. The zero-order valence-corrected chi connectivity index (χ0v) is 33.2. The summed E-state index contributed by atoms with van der Waals surface area (Å²) in [6.07, 6.45) is 16.2. The highest BCUT2D eigenvalue weighted by Crippen LogP contribution is 2.13. The SMILES string of the molecule is CCCCCCCCCCCCCCCC(=O)NC(=O)N[C@@H](CCCCN)C(=O)N[C@@H](CO)C(=O)N[C@@H](CO)C(=O)N[C@@H](CCCN)C(=O)N[C@@H](CO)C(=O)O. The first-order valence-corrected chi connectivity index (χ1v) is 20.2. The van der Waals surface area contributed by atoms with E-state index in [1.807, 2.05) is 0 Å². The molecule has 0 spiro atoms. The van der Waals surface area contributed by atoms with Gasteiger partial charge in [-0.15, -0.1) is 0 Å². The molecule has 0 aromatic carbocycles. The lowest BCUT2D eigenvalue weighted by Gasteiger charge is -2.25. The lowest BCUT2D eigenvalue weighted by atomic mass is 10.0. The van der Waals surface area contributed by atoms with Gasteiger partial charge in [-0.1, -0.05) is 84.0 Å². The maximum Gasteiger partial charge on any atom is 0.328 e.